The maximum absolute atomic E-state index is 12.5. The molecular weight excluding hydrogens is 370 g/mol. The Bertz CT molecular complexity index is 765. The van der Waals surface area contributed by atoms with Gasteiger partial charge in [0.1, 0.15) is 17.8 Å². The van der Waals surface area contributed by atoms with E-state index in [0.717, 1.165) is 31.2 Å². The number of rotatable bonds is 5. The lowest BCUT2D eigenvalue weighted by Gasteiger charge is -2.41. The molecule has 3 aliphatic rings. The summed E-state index contributed by atoms with van der Waals surface area (Å²) in [6.45, 7) is 0.981. The summed E-state index contributed by atoms with van der Waals surface area (Å²) in [6, 6.07) is 7.52. The molecular formula is C23H29NO5. The van der Waals surface area contributed by atoms with E-state index < -0.39 is 11.7 Å². The minimum Gasteiger partial charge on any atom is -0.458 e. The van der Waals surface area contributed by atoms with Crippen LogP contribution >= 0.6 is 0 Å². The SMILES string of the molecule is O=C1CC(=O)OC(CCc2ccc(C(=O)N3CC[C@H](O)C3)cc2)(C2CCCC2)C1. The first-order chi connectivity index (χ1) is 13.9. The van der Waals surface area contributed by atoms with E-state index in [-0.39, 0.29) is 30.0 Å². The van der Waals surface area contributed by atoms with Gasteiger partial charge in [0.05, 0.1) is 6.10 Å². The zero-order valence-corrected chi connectivity index (χ0v) is 16.8. The topological polar surface area (TPSA) is 83.9 Å². The molecule has 1 aromatic carbocycles. The molecule has 1 N–H and O–H groups in total. The molecule has 1 saturated carbocycles. The largest absolute Gasteiger partial charge is 0.458 e. The number of hydrogen-bond donors (Lipinski definition) is 1. The van der Waals surface area contributed by atoms with Gasteiger partial charge in [-0.15, -0.1) is 0 Å². The van der Waals surface area contributed by atoms with Gasteiger partial charge in [0.25, 0.3) is 5.91 Å². The number of aliphatic hydroxyl groups excluding tert-OH is 1. The lowest BCUT2D eigenvalue weighted by molar-refractivity contribution is -0.178. The van der Waals surface area contributed by atoms with Crippen molar-refractivity contribution in [1.29, 1.82) is 0 Å². The lowest BCUT2D eigenvalue weighted by Crippen LogP contribution is -2.48. The maximum Gasteiger partial charge on any atom is 0.313 e. The van der Waals surface area contributed by atoms with Gasteiger partial charge < -0.3 is 14.7 Å². The Balaban J connectivity index is 1.43. The second kappa shape index (κ2) is 8.27. The molecule has 0 spiro atoms. The number of likely N-dealkylation sites (tertiary alicyclic amines) is 1. The number of aryl methyl sites for hydroxylation is 1. The summed E-state index contributed by atoms with van der Waals surface area (Å²) in [5.41, 5.74) is 1.02. The zero-order chi connectivity index (χ0) is 20.4. The van der Waals surface area contributed by atoms with Gasteiger partial charge in [-0.25, -0.2) is 0 Å². The molecule has 6 heteroatoms. The van der Waals surface area contributed by atoms with Gasteiger partial charge in [0.15, 0.2) is 0 Å². The molecule has 1 aromatic rings. The predicted molar refractivity (Wildman–Crippen MR) is 106 cm³/mol. The minimum atomic E-state index is -0.664. The Morgan fingerprint density at radius 2 is 1.86 bits per heavy atom. The molecule has 1 aliphatic carbocycles. The lowest BCUT2D eigenvalue weighted by atomic mass is 9.76. The molecule has 0 radical (unpaired) electrons. The van der Waals surface area contributed by atoms with Crippen LogP contribution in [0.1, 0.15) is 67.3 Å². The number of β-amino-alcohol motifs (C(OH)–C–C–N with tert-alkyl or cyclic N) is 1. The van der Waals surface area contributed by atoms with Crippen molar-refractivity contribution in [2.45, 2.75) is 69.5 Å². The quantitative estimate of drug-likeness (QED) is 0.608. The summed E-state index contributed by atoms with van der Waals surface area (Å²) in [4.78, 5) is 38.4. The molecule has 29 heavy (non-hydrogen) atoms. The highest BCUT2D eigenvalue weighted by molar-refractivity contribution is 5.98. The predicted octanol–water partition coefficient (Wildman–Crippen LogP) is 2.66. The second-order valence-corrected chi connectivity index (χ2v) is 8.80. The van der Waals surface area contributed by atoms with Crippen molar-refractivity contribution < 1.29 is 24.2 Å². The molecule has 3 fully saturated rings. The molecule has 4 rings (SSSR count). The number of esters is 1. The van der Waals surface area contributed by atoms with E-state index >= 15 is 0 Å². The number of ketones is 1. The van der Waals surface area contributed by atoms with E-state index in [0.29, 0.717) is 44.3 Å². The third kappa shape index (κ3) is 4.37. The van der Waals surface area contributed by atoms with E-state index in [4.69, 9.17) is 4.74 Å². The van der Waals surface area contributed by atoms with Crippen molar-refractivity contribution in [2.24, 2.45) is 5.92 Å². The van der Waals surface area contributed by atoms with Crippen LogP contribution in [0.5, 0.6) is 0 Å². The Labute approximate surface area is 171 Å². The summed E-state index contributed by atoms with van der Waals surface area (Å²) < 4.78 is 5.85. The van der Waals surface area contributed by atoms with Crippen molar-refractivity contribution in [3.8, 4) is 0 Å². The Morgan fingerprint density at radius 3 is 2.48 bits per heavy atom. The number of carbonyl (C=O) groups is 3. The monoisotopic (exact) mass is 399 g/mol. The average molecular weight is 399 g/mol. The fourth-order valence-electron chi connectivity index (χ4n) is 5.16. The van der Waals surface area contributed by atoms with Crippen LogP contribution in [0.2, 0.25) is 0 Å². The standard InChI is InChI=1S/C23H29NO5/c25-19-10-12-24(15-19)22(28)17-7-5-16(6-8-17)9-11-23(18-3-1-2-4-18)14-20(26)13-21(27)29-23/h5-8,18-19,25H,1-4,9-15H2/t19-,23?/m0/s1. The van der Waals surface area contributed by atoms with Gasteiger partial charge in [0.2, 0.25) is 0 Å². The highest BCUT2D eigenvalue weighted by Gasteiger charge is 2.47. The van der Waals surface area contributed by atoms with Crippen LogP contribution in [0, 0.1) is 5.92 Å². The fraction of sp³-hybridized carbons (Fsp3) is 0.609. The molecule has 2 aliphatic heterocycles. The molecule has 0 aromatic heterocycles. The van der Waals surface area contributed by atoms with Crippen LogP contribution in [0.3, 0.4) is 0 Å². The van der Waals surface area contributed by atoms with Gasteiger partial charge in [0, 0.05) is 25.1 Å². The normalized spacial score (nSPS) is 28.0. The number of hydrogen-bond acceptors (Lipinski definition) is 5. The number of aliphatic hydroxyl groups is 1. The number of ether oxygens (including phenoxy) is 1. The van der Waals surface area contributed by atoms with Gasteiger partial charge in [-0.1, -0.05) is 25.0 Å². The van der Waals surface area contributed by atoms with Crippen LogP contribution in [0.25, 0.3) is 0 Å². The van der Waals surface area contributed by atoms with Crippen molar-refractivity contribution in [3.05, 3.63) is 35.4 Å². The average Bonchev–Trinajstić information content (AvgIpc) is 3.38. The second-order valence-electron chi connectivity index (χ2n) is 8.80. The maximum atomic E-state index is 12.5. The third-order valence-electron chi connectivity index (χ3n) is 6.74. The van der Waals surface area contributed by atoms with Crippen LogP contribution in [-0.2, 0) is 20.7 Å². The van der Waals surface area contributed by atoms with E-state index in [2.05, 4.69) is 0 Å². The molecule has 156 valence electrons. The highest BCUT2D eigenvalue weighted by atomic mass is 16.6. The van der Waals surface area contributed by atoms with Crippen molar-refractivity contribution >= 4 is 17.7 Å². The van der Waals surface area contributed by atoms with Crippen LogP contribution in [0.15, 0.2) is 24.3 Å². The van der Waals surface area contributed by atoms with Gasteiger partial charge in [-0.05, 0) is 55.7 Å². The molecule has 2 saturated heterocycles. The van der Waals surface area contributed by atoms with Gasteiger partial charge in [-0.2, -0.15) is 0 Å². The summed E-state index contributed by atoms with van der Waals surface area (Å²) in [6.07, 6.45) is 6.05. The highest BCUT2D eigenvalue weighted by Crippen LogP contribution is 2.43. The van der Waals surface area contributed by atoms with Crippen molar-refractivity contribution in [3.63, 3.8) is 0 Å². The summed E-state index contributed by atoms with van der Waals surface area (Å²) in [7, 11) is 0. The van der Waals surface area contributed by atoms with Gasteiger partial charge in [-0.3, -0.25) is 14.4 Å². The summed E-state index contributed by atoms with van der Waals surface area (Å²) >= 11 is 0. The van der Waals surface area contributed by atoms with E-state index in [1.54, 1.807) is 4.90 Å². The first-order valence-corrected chi connectivity index (χ1v) is 10.7. The van der Waals surface area contributed by atoms with Crippen LogP contribution in [0.4, 0.5) is 0 Å². The first kappa shape index (κ1) is 20.1. The number of nitrogens with zero attached hydrogens (tertiary/aromatic N) is 1. The van der Waals surface area contributed by atoms with E-state index in [9.17, 15) is 19.5 Å². The number of carbonyl (C=O) groups excluding carboxylic acids is 3. The summed E-state index contributed by atoms with van der Waals surface area (Å²) in [5.74, 6) is -0.190. The van der Waals surface area contributed by atoms with Crippen LogP contribution < -0.4 is 0 Å². The molecule has 6 nitrogen and oxygen atoms in total. The van der Waals surface area contributed by atoms with Crippen molar-refractivity contribution in [2.75, 3.05) is 13.1 Å². The number of cyclic esters (lactones) is 1. The first-order valence-electron chi connectivity index (χ1n) is 10.7. The molecule has 2 atom stereocenters. The number of Topliss-reactive ketones (excluding diaryl/α,β-unsaturated/α-hetero) is 1. The summed E-state index contributed by atoms with van der Waals surface area (Å²) in [5, 5.41) is 9.63. The van der Waals surface area contributed by atoms with Crippen LogP contribution in [-0.4, -0.2) is 52.5 Å². The Kier molecular flexibility index (Phi) is 5.72. The molecule has 1 amide bonds. The minimum absolute atomic E-state index is 0.0121. The fourth-order valence-corrected chi connectivity index (χ4v) is 5.16. The van der Waals surface area contributed by atoms with E-state index in [1.807, 2.05) is 24.3 Å². The molecule has 0 bridgehead atoms. The zero-order valence-electron chi connectivity index (χ0n) is 16.8. The van der Waals surface area contributed by atoms with Gasteiger partial charge >= 0.3 is 5.97 Å². The molecule has 1 unspecified atom stereocenters. The Hall–Kier alpha value is -2.21. The third-order valence-corrected chi connectivity index (χ3v) is 6.74. The number of amides is 1. The smallest absolute Gasteiger partial charge is 0.313 e. The van der Waals surface area contributed by atoms with Crippen molar-refractivity contribution in [1.82, 2.24) is 4.90 Å². The molecule has 2 heterocycles. The number of benzene rings is 1. The van der Waals surface area contributed by atoms with E-state index in [1.165, 1.54) is 0 Å². The Morgan fingerprint density at radius 1 is 1.14 bits per heavy atom.